The van der Waals surface area contributed by atoms with Crippen molar-refractivity contribution in [2.24, 2.45) is 40.2 Å². The number of nitrogens with zero attached hydrogens (tertiary/aromatic N) is 1. The molecule has 3 saturated carbocycles. The Morgan fingerprint density at radius 1 is 1.15 bits per heavy atom. The molecule has 0 saturated heterocycles. The van der Waals surface area contributed by atoms with Crippen molar-refractivity contribution in [3.8, 4) is 0 Å². The Hall–Kier alpha value is -0.420. The second-order valence-electron chi connectivity index (χ2n) is 10.3. The van der Waals surface area contributed by atoms with Crippen molar-refractivity contribution < 1.29 is 10.2 Å². The highest BCUT2D eigenvalue weighted by Crippen LogP contribution is 2.63. The molecule has 4 heteroatoms. The highest BCUT2D eigenvalue weighted by atomic mass is 16.3. The number of hydrogen-bond donors (Lipinski definition) is 3. The van der Waals surface area contributed by atoms with Crippen molar-refractivity contribution in [1.82, 2.24) is 4.90 Å². The summed E-state index contributed by atoms with van der Waals surface area (Å²) in [5.41, 5.74) is 7.98. The third-order valence-corrected chi connectivity index (χ3v) is 8.66. The van der Waals surface area contributed by atoms with Crippen LogP contribution in [-0.2, 0) is 0 Å². The normalized spacial score (nSPS) is 49.5. The molecule has 3 aliphatic carbocycles. The fraction of sp³-hybridized carbons (Fsp3) is 0.909. The molecule has 0 bridgehead atoms. The monoisotopic (exact) mass is 364 g/mol. The predicted molar refractivity (Wildman–Crippen MR) is 107 cm³/mol. The lowest BCUT2D eigenvalue weighted by Crippen LogP contribution is -2.53. The van der Waals surface area contributed by atoms with Gasteiger partial charge in [0.1, 0.15) is 0 Å². The quantitative estimate of drug-likeness (QED) is 0.671. The maximum atomic E-state index is 10.2. The van der Waals surface area contributed by atoms with Crippen LogP contribution in [0.15, 0.2) is 12.2 Å². The van der Waals surface area contributed by atoms with Gasteiger partial charge in [0, 0.05) is 19.2 Å². The van der Waals surface area contributed by atoms with Gasteiger partial charge in [0.25, 0.3) is 0 Å². The van der Waals surface area contributed by atoms with E-state index in [0.29, 0.717) is 17.8 Å². The second-order valence-corrected chi connectivity index (χ2v) is 10.3. The fourth-order valence-corrected chi connectivity index (χ4v) is 6.94. The number of nitrogens with two attached hydrogens (primary N) is 1. The van der Waals surface area contributed by atoms with Crippen LogP contribution < -0.4 is 5.73 Å². The van der Waals surface area contributed by atoms with E-state index in [1.54, 1.807) is 0 Å². The molecule has 3 rings (SSSR count). The van der Waals surface area contributed by atoms with E-state index in [0.717, 1.165) is 38.6 Å². The van der Waals surface area contributed by atoms with Gasteiger partial charge in [-0.05, 0) is 87.1 Å². The Morgan fingerprint density at radius 3 is 2.46 bits per heavy atom. The van der Waals surface area contributed by atoms with E-state index >= 15 is 0 Å². The highest BCUT2D eigenvalue weighted by molar-refractivity contribution is 5.26. The number of rotatable bonds is 4. The van der Waals surface area contributed by atoms with E-state index in [4.69, 9.17) is 5.73 Å². The minimum atomic E-state index is -0.249. The topological polar surface area (TPSA) is 69.7 Å². The van der Waals surface area contributed by atoms with Gasteiger partial charge in [-0.3, -0.25) is 0 Å². The fourth-order valence-electron chi connectivity index (χ4n) is 6.94. The van der Waals surface area contributed by atoms with Gasteiger partial charge in [-0.15, -0.1) is 0 Å². The SMILES string of the molecule is C=C1C(N)CC2[C@H](CN(C)C)C([C@@]3(C)CC[C@H](O)C[C@@H]3CO)CC[C@]12C. The van der Waals surface area contributed by atoms with E-state index in [2.05, 4.69) is 39.4 Å². The molecule has 4 N–H and O–H groups in total. The lowest BCUT2D eigenvalue weighted by molar-refractivity contribution is -0.0978. The van der Waals surface area contributed by atoms with Crippen LogP contribution in [0, 0.1) is 34.5 Å². The largest absolute Gasteiger partial charge is 0.396 e. The van der Waals surface area contributed by atoms with Crippen LogP contribution in [0.2, 0.25) is 0 Å². The molecule has 4 nitrogen and oxygen atoms in total. The summed E-state index contributed by atoms with van der Waals surface area (Å²) in [5, 5.41) is 20.3. The molecular formula is C22H40N2O2. The first-order valence-corrected chi connectivity index (χ1v) is 10.5. The molecule has 0 heterocycles. The van der Waals surface area contributed by atoms with E-state index in [9.17, 15) is 10.2 Å². The maximum absolute atomic E-state index is 10.2. The third kappa shape index (κ3) is 3.17. The zero-order valence-corrected chi connectivity index (χ0v) is 17.2. The molecule has 3 aliphatic rings. The Bertz CT molecular complexity index is 536. The first-order chi connectivity index (χ1) is 12.1. The summed E-state index contributed by atoms with van der Waals surface area (Å²) in [6, 6.07) is 0.128. The van der Waals surface area contributed by atoms with Gasteiger partial charge in [0.05, 0.1) is 6.10 Å². The lowest BCUT2D eigenvalue weighted by Gasteiger charge is -2.57. The molecule has 3 unspecified atom stereocenters. The summed E-state index contributed by atoms with van der Waals surface area (Å²) in [5.74, 6) is 1.92. The molecule has 3 fully saturated rings. The van der Waals surface area contributed by atoms with Crippen molar-refractivity contribution in [3.63, 3.8) is 0 Å². The third-order valence-electron chi connectivity index (χ3n) is 8.66. The summed E-state index contributed by atoms with van der Waals surface area (Å²) in [6.45, 7) is 10.4. The molecule has 0 aliphatic heterocycles. The maximum Gasteiger partial charge on any atom is 0.0544 e. The van der Waals surface area contributed by atoms with Crippen LogP contribution in [0.4, 0.5) is 0 Å². The number of aliphatic hydroxyl groups excluding tert-OH is 2. The van der Waals surface area contributed by atoms with Crippen LogP contribution in [0.5, 0.6) is 0 Å². The van der Waals surface area contributed by atoms with Gasteiger partial charge in [-0.2, -0.15) is 0 Å². The molecule has 0 radical (unpaired) electrons. The molecular weight excluding hydrogens is 324 g/mol. The minimum Gasteiger partial charge on any atom is -0.396 e. The van der Waals surface area contributed by atoms with Crippen molar-refractivity contribution in [3.05, 3.63) is 12.2 Å². The van der Waals surface area contributed by atoms with E-state index in [1.165, 1.54) is 12.0 Å². The van der Waals surface area contributed by atoms with Crippen molar-refractivity contribution >= 4 is 0 Å². The summed E-state index contributed by atoms with van der Waals surface area (Å²) in [7, 11) is 4.34. The van der Waals surface area contributed by atoms with Crippen molar-refractivity contribution in [1.29, 1.82) is 0 Å². The summed E-state index contributed by atoms with van der Waals surface area (Å²) in [6.07, 6.45) is 5.77. The lowest BCUT2D eigenvalue weighted by atomic mass is 9.49. The second kappa shape index (κ2) is 7.20. The van der Waals surface area contributed by atoms with Crippen molar-refractivity contribution in [2.45, 2.75) is 64.5 Å². The standard InChI is InChI=1S/C22H40N2O2/c1-14-20(23)11-19-17(12-24(4)5)18(7-9-21(14,19)2)22(3)8-6-16(26)10-15(22)13-25/h15-20,25-26H,1,6-13,23H2,2-5H3/t15-,16+,17-,18?,19?,20?,21-,22+/m1/s1. The highest BCUT2D eigenvalue weighted by Gasteiger charge is 2.58. The summed E-state index contributed by atoms with van der Waals surface area (Å²) < 4.78 is 0. The van der Waals surface area contributed by atoms with Crippen LogP contribution in [0.25, 0.3) is 0 Å². The molecule has 0 aromatic heterocycles. The molecule has 26 heavy (non-hydrogen) atoms. The van der Waals surface area contributed by atoms with Crippen LogP contribution >= 0.6 is 0 Å². The number of hydrogen-bond acceptors (Lipinski definition) is 4. The molecule has 8 atom stereocenters. The van der Waals surface area contributed by atoms with Gasteiger partial charge in [0.15, 0.2) is 0 Å². The minimum absolute atomic E-state index is 0.101. The van der Waals surface area contributed by atoms with Crippen LogP contribution in [-0.4, -0.2) is 54.5 Å². The summed E-state index contributed by atoms with van der Waals surface area (Å²) >= 11 is 0. The number of fused-ring (bicyclic) bond motifs is 1. The molecule has 0 aromatic carbocycles. The molecule has 150 valence electrons. The summed E-state index contributed by atoms with van der Waals surface area (Å²) in [4.78, 5) is 2.32. The average Bonchev–Trinajstić information content (AvgIpc) is 2.81. The van der Waals surface area contributed by atoms with Gasteiger partial charge in [0.2, 0.25) is 0 Å². The Balaban J connectivity index is 1.94. The Morgan fingerprint density at radius 2 is 1.85 bits per heavy atom. The van der Waals surface area contributed by atoms with Gasteiger partial charge in [-0.1, -0.05) is 26.0 Å². The van der Waals surface area contributed by atoms with Gasteiger partial charge in [-0.25, -0.2) is 0 Å². The van der Waals surface area contributed by atoms with E-state index in [1.807, 2.05) is 0 Å². The molecule has 0 amide bonds. The van der Waals surface area contributed by atoms with E-state index < -0.39 is 0 Å². The van der Waals surface area contributed by atoms with Gasteiger partial charge < -0.3 is 20.8 Å². The first kappa shape index (κ1) is 20.3. The van der Waals surface area contributed by atoms with Gasteiger partial charge >= 0.3 is 0 Å². The predicted octanol–water partition coefficient (Wildman–Crippen LogP) is 2.64. The van der Waals surface area contributed by atoms with Crippen LogP contribution in [0.1, 0.15) is 52.4 Å². The Labute approximate surface area is 159 Å². The van der Waals surface area contributed by atoms with Crippen molar-refractivity contribution in [2.75, 3.05) is 27.2 Å². The average molecular weight is 365 g/mol. The Kier molecular flexibility index (Phi) is 5.62. The first-order valence-electron chi connectivity index (χ1n) is 10.5. The molecule has 0 spiro atoms. The zero-order chi connectivity index (χ0) is 19.3. The van der Waals surface area contributed by atoms with E-state index in [-0.39, 0.29) is 35.5 Å². The van der Waals surface area contributed by atoms with Crippen LogP contribution in [0.3, 0.4) is 0 Å². The molecule has 0 aromatic rings. The smallest absolute Gasteiger partial charge is 0.0544 e. The zero-order valence-electron chi connectivity index (χ0n) is 17.2. The number of aliphatic hydroxyl groups is 2.